The summed E-state index contributed by atoms with van der Waals surface area (Å²) in [5, 5.41) is 20.0. The average Bonchev–Trinajstić information content (AvgIpc) is 3.64. The molecule has 1 amide bonds. The molecule has 39 heavy (non-hydrogen) atoms. The molecule has 1 unspecified atom stereocenters. The van der Waals surface area contributed by atoms with E-state index in [1.807, 2.05) is 30.3 Å². The van der Waals surface area contributed by atoms with Crippen LogP contribution in [0.5, 0.6) is 5.75 Å². The average molecular weight is 535 g/mol. The Balaban J connectivity index is 1.32. The Morgan fingerprint density at radius 1 is 1.03 bits per heavy atom. The second kappa shape index (κ2) is 10.2. The first kappa shape index (κ1) is 25.8. The van der Waals surface area contributed by atoms with Gasteiger partial charge in [0.1, 0.15) is 11.8 Å². The molecule has 1 heterocycles. The number of benzene rings is 3. The molecular weight excluding hydrogens is 510 g/mol. The van der Waals surface area contributed by atoms with Crippen molar-refractivity contribution in [3.05, 3.63) is 89.6 Å². The summed E-state index contributed by atoms with van der Waals surface area (Å²) >= 11 is 0. The van der Waals surface area contributed by atoms with Gasteiger partial charge in [-0.3, -0.25) is 5.32 Å². The standard InChI is InChI=1S/C28H24F2N4O5/c1-16-25(31-27(37)38-17(2)18-6-4-3-5-7-18)34(33-32-16)21-10-8-19(9-11-21)20-14-22(29)24(23(30)15-20)39-28(12-13-28)26(35)36/h3-11,14-15,17H,12-13H2,1-2H3,(H,31,37)(H,35,36). The molecule has 200 valence electrons. The number of carbonyl (C=O) groups is 2. The first-order valence-electron chi connectivity index (χ1n) is 12.1. The predicted octanol–water partition coefficient (Wildman–Crippen LogP) is 5.83. The molecule has 1 fully saturated rings. The van der Waals surface area contributed by atoms with Gasteiger partial charge in [0.25, 0.3) is 0 Å². The van der Waals surface area contributed by atoms with Crippen LogP contribution in [-0.2, 0) is 9.53 Å². The van der Waals surface area contributed by atoms with Gasteiger partial charge in [0.15, 0.2) is 23.2 Å². The minimum Gasteiger partial charge on any atom is -0.478 e. The maximum absolute atomic E-state index is 14.7. The van der Waals surface area contributed by atoms with Crippen LogP contribution in [0, 0.1) is 18.6 Å². The van der Waals surface area contributed by atoms with Crippen molar-refractivity contribution >= 4 is 17.9 Å². The van der Waals surface area contributed by atoms with E-state index in [0.717, 1.165) is 17.7 Å². The van der Waals surface area contributed by atoms with Crippen LogP contribution in [-0.4, -0.2) is 37.8 Å². The van der Waals surface area contributed by atoms with Crippen molar-refractivity contribution in [1.29, 1.82) is 0 Å². The molecule has 0 saturated heterocycles. The Labute approximate surface area is 222 Å². The van der Waals surface area contributed by atoms with Crippen LogP contribution >= 0.6 is 0 Å². The lowest BCUT2D eigenvalue weighted by atomic mass is 10.0. The highest BCUT2D eigenvalue weighted by molar-refractivity contribution is 5.84. The van der Waals surface area contributed by atoms with E-state index in [4.69, 9.17) is 9.47 Å². The minimum absolute atomic E-state index is 0.187. The second-order valence-corrected chi connectivity index (χ2v) is 9.24. The normalized spacial score (nSPS) is 14.4. The number of carboxylic acid groups (broad SMARTS) is 1. The van der Waals surface area contributed by atoms with Crippen LogP contribution in [0.1, 0.15) is 37.1 Å². The molecule has 0 bridgehead atoms. The summed E-state index contributed by atoms with van der Waals surface area (Å²) in [4.78, 5) is 23.9. The lowest BCUT2D eigenvalue weighted by Gasteiger charge is -2.16. The summed E-state index contributed by atoms with van der Waals surface area (Å²) in [5.74, 6) is -3.65. The van der Waals surface area contributed by atoms with Crippen molar-refractivity contribution < 1.29 is 33.0 Å². The Morgan fingerprint density at radius 3 is 2.26 bits per heavy atom. The molecule has 2 N–H and O–H groups in total. The smallest absolute Gasteiger partial charge is 0.413 e. The molecule has 4 aromatic rings. The molecule has 5 rings (SSSR count). The molecule has 11 heteroatoms. The van der Waals surface area contributed by atoms with Gasteiger partial charge in [-0.25, -0.2) is 18.4 Å². The van der Waals surface area contributed by atoms with E-state index in [1.165, 1.54) is 4.68 Å². The van der Waals surface area contributed by atoms with Gasteiger partial charge in [0, 0.05) is 12.8 Å². The van der Waals surface area contributed by atoms with Crippen LogP contribution in [0.15, 0.2) is 66.7 Å². The number of aromatic nitrogens is 3. The van der Waals surface area contributed by atoms with E-state index in [0.29, 0.717) is 22.8 Å². The van der Waals surface area contributed by atoms with Gasteiger partial charge < -0.3 is 14.6 Å². The number of hydrogen-bond donors (Lipinski definition) is 2. The van der Waals surface area contributed by atoms with Gasteiger partial charge >= 0.3 is 12.1 Å². The van der Waals surface area contributed by atoms with Gasteiger partial charge in [-0.1, -0.05) is 47.7 Å². The second-order valence-electron chi connectivity index (χ2n) is 9.24. The predicted molar refractivity (Wildman–Crippen MR) is 137 cm³/mol. The lowest BCUT2D eigenvalue weighted by molar-refractivity contribution is -0.147. The van der Waals surface area contributed by atoms with E-state index in [1.54, 1.807) is 38.1 Å². The molecular formula is C28H24F2N4O5. The maximum atomic E-state index is 14.7. The number of nitrogens with one attached hydrogen (secondary N) is 1. The number of hydrogen-bond acceptors (Lipinski definition) is 6. The first-order valence-corrected chi connectivity index (χ1v) is 12.1. The minimum atomic E-state index is -1.57. The number of carbonyl (C=O) groups excluding carboxylic acids is 1. The van der Waals surface area contributed by atoms with Crippen LogP contribution in [0.3, 0.4) is 0 Å². The zero-order valence-electron chi connectivity index (χ0n) is 21.0. The third kappa shape index (κ3) is 5.28. The van der Waals surface area contributed by atoms with Crippen molar-refractivity contribution in [2.45, 2.75) is 38.4 Å². The lowest BCUT2D eigenvalue weighted by Crippen LogP contribution is -2.29. The first-order chi connectivity index (χ1) is 18.7. The molecule has 1 atom stereocenters. The highest BCUT2D eigenvalue weighted by Gasteiger charge is 2.54. The number of carboxylic acids is 1. The van der Waals surface area contributed by atoms with E-state index >= 15 is 0 Å². The fourth-order valence-corrected chi connectivity index (χ4v) is 4.05. The Morgan fingerprint density at radius 2 is 1.67 bits per heavy atom. The SMILES string of the molecule is Cc1nnn(-c2ccc(-c3cc(F)c(OC4(C(=O)O)CC4)c(F)c3)cc2)c1NC(=O)OC(C)c1ccccc1. The quantitative estimate of drug-likeness (QED) is 0.292. The Kier molecular flexibility index (Phi) is 6.73. The molecule has 1 saturated carbocycles. The summed E-state index contributed by atoms with van der Waals surface area (Å²) in [6, 6.07) is 18.0. The van der Waals surface area contributed by atoms with Crippen LogP contribution < -0.4 is 10.1 Å². The number of ether oxygens (including phenoxy) is 2. The van der Waals surface area contributed by atoms with Crippen LogP contribution in [0.4, 0.5) is 19.4 Å². The molecule has 0 aliphatic heterocycles. The largest absolute Gasteiger partial charge is 0.478 e. The number of nitrogens with zero attached hydrogens (tertiary/aromatic N) is 3. The van der Waals surface area contributed by atoms with Gasteiger partial charge in [-0.05, 0) is 54.8 Å². The number of aryl methyl sites for hydroxylation is 1. The highest BCUT2D eigenvalue weighted by atomic mass is 19.1. The van der Waals surface area contributed by atoms with E-state index in [9.17, 15) is 23.5 Å². The molecule has 1 aromatic heterocycles. The third-order valence-corrected chi connectivity index (χ3v) is 6.45. The molecule has 0 spiro atoms. The fraction of sp³-hybridized carbons (Fsp3) is 0.214. The zero-order chi connectivity index (χ0) is 27.7. The number of halogens is 2. The van der Waals surface area contributed by atoms with Gasteiger partial charge in [0.05, 0.1) is 5.69 Å². The number of amides is 1. The van der Waals surface area contributed by atoms with Gasteiger partial charge in [0.2, 0.25) is 5.60 Å². The maximum Gasteiger partial charge on any atom is 0.413 e. The van der Waals surface area contributed by atoms with Crippen molar-refractivity contribution in [2.75, 3.05) is 5.32 Å². The Bertz CT molecular complexity index is 1510. The van der Waals surface area contributed by atoms with Gasteiger partial charge in [-0.15, -0.1) is 5.10 Å². The van der Waals surface area contributed by atoms with Crippen LogP contribution in [0.25, 0.3) is 16.8 Å². The summed E-state index contributed by atoms with van der Waals surface area (Å²) in [6.07, 6.45) is -0.787. The summed E-state index contributed by atoms with van der Waals surface area (Å²) in [6.45, 7) is 3.44. The van der Waals surface area contributed by atoms with Crippen LogP contribution in [0.2, 0.25) is 0 Å². The molecule has 3 aromatic carbocycles. The van der Waals surface area contributed by atoms with E-state index < -0.39 is 41.2 Å². The molecule has 1 aliphatic rings. The van der Waals surface area contributed by atoms with E-state index in [2.05, 4.69) is 15.6 Å². The number of anilines is 1. The monoisotopic (exact) mass is 534 g/mol. The summed E-state index contributed by atoms with van der Waals surface area (Å²) in [5.41, 5.74) is 0.980. The Hall–Kier alpha value is -4.80. The summed E-state index contributed by atoms with van der Waals surface area (Å²) in [7, 11) is 0. The van der Waals surface area contributed by atoms with Gasteiger partial charge in [-0.2, -0.15) is 4.68 Å². The van der Waals surface area contributed by atoms with Crippen molar-refractivity contribution in [3.63, 3.8) is 0 Å². The van der Waals surface area contributed by atoms with Crippen molar-refractivity contribution in [3.8, 4) is 22.6 Å². The van der Waals surface area contributed by atoms with Crippen molar-refractivity contribution in [1.82, 2.24) is 15.0 Å². The molecule has 1 aliphatic carbocycles. The fourth-order valence-electron chi connectivity index (χ4n) is 4.05. The topological polar surface area (TPSA) is 116 Å². The zero-order valence-corrected chi connectivity index (χ0v) is 21.0. The summed E-state index contributed by atoms with van der Waals surface area (Å²) < 4.78 is 41.5. The number of rotatable bonds is 8. The van der Waals surface area contributed by atoms with Crippen molar-refractivity contribution in [2.24, 2.45) is 0 Å². The molecule has 0 radical (unpaired) electrons. The third-order valence-electron chi connectivity index (χ3n) is 6.45. The highest BCUT2D eigenvalue weighted by Crippen LogP contribution is 2.42. The number of aliphatic carboxylic acids is 1. The molecule has 9 nitrogen and oxygen atoms in total. The van der Waals surface area contributed by atoms with E-state index in [-0.39, 0.29) is 18.4 Å².